The van der Waals surface area contributed by atoms with Crippen molar-refractivity contribution in [2.45, 2.75) is 31.7 Å². The maximum atomic E-state index is 11.0. The van der Waals surface area contributed by atoms with Crippen LogP contribution in [-0.2, 0) is 4.79 Å². The first-order valence-electron chi connectivity index (χ1n) is 7.42. The largest absolute Gasteiger partial charge is 0.481 e. The van der Waals surface area contributed by atoms with E-state index < -0.39 is 5.97 Å². The van der Waals surface area contributed by atoms with Gasteiger partial charge in [0.15, 0.2) is 0 Å². The number of carboxylic acids is 1. The Morgan fingerprint density at radius 3 is 2.68 bits per heavy atom. The van der Waals surface area contributed by atoms with Crippen molar-refractivity contribution in [1.29, 1.82) is 0 Å². The van der Waals surface area contributed by atoms with E-state index in [0.717, 1.165) is 41.5 Å². The van der Waals surface area contributed by atoms with Crippen LogP contribution >= 0.6 is 15.9 Å². The molecule has 0 aliphatic heterocycles. The fraction of sp³-hybridized carbons (Fsp3) is 0.375. The number of aromatic nitrogens is 2. The molecule has 2 aromatic rings. The summed E-state index contributed by atoms with van der Waals surface area (Å²) >= 11 is 3.52. The molecule has 3 rings (SSSR count). The minimum atomic E-state index is -0.666. The first kappa shape index (κ1) is 15.1. The molecule has 22 heavy (non-hydrogen) atoms. The Bertz CT molecular complexity index is 663. The summed E-state index contributed by atoms with van der Waals surface area (Å²) in [7, 11) is 0. The molecule has 1 aromatic carbocycles. The van der Waals surface area contributed by atoms with Gasteiger partial charge in [-0.25, -0.2) is 4.68 Å². The van der Waals surface area contributed by atoms with Gasteiger partial charge in [-0.05, 0) is 53.7 Å². The summed E-state index contributed by atoms with van der Waals surface area (Å²) < 4.78 is 2.82. The van der Waals surface area contributed by atoms with Crippen LogP contribution < -0.4 is 5.32 Å². The van der Waals surface area contributed by atoms with Crippen LogP contribution in [0.5, 0.6) is 0 Å². The van der Waals surface area contributed by atoms with E-state index in [1.54, 1.807) is 0 Å². The summed E-state index contributed by atoms with van der Waals surface area (Å²) in [5, 5.41) is 16.9. The Kier molecular flexibility index (Phi) is 4.47. The average molecular weight is 364 g/mol. The fourth-order valence-electron chi connectivity index (χ4n) is 2.89. The molecule has 1 aliphatic rings. The zero-order valence-corrected chi connectivity index (χ0v) is 13.7. The lowest BCUT2D eigenvalue weighted by Gasteiger charge is -2.26. The van der Waals surface area contributed by atoms with E-state index in [9.17, 15) is 4.79 Å². The van der Waals surface area contributed by atoms with Crippen molar-refractivity contribution in [1.82, 2.24) is 9.78 Å². The monoisotopic (exact) mass is 363 g/mol. The SMILES string of the molecule is O=C(O)C1CCC(Nc2cnn(-c3ccccc3Br)c2)CC1. The van der Waals surface area contributed by atoms with Crippen LogP contribution in [0.1, 0.15) is 25.7 Å². The Labute approximate surface area is 137 Å². The highest BCUT2D eigenvalue weighted by atomic mass is 79.9. The molecule has 0 saturated heterocycles. The molecular weight excluding hydrogens is 346 g/mol. The summed E-state index contributed by atoms with van der Waals surface area (Å²) in [6, 6.07) is 8.25. The molecule has 1 aliphatic carbocycles. The highest BCUT2D eigenvalue weighted by Crippen LogP contribution is 2.27. The lowest BCUT2D eigenvalue weighted by Crippen LogP contribution is -2.29. The van der Waals surface area contributed by atoms with Gasteiger partial charge < -0.3 is 10.4 Å². The molecule has 5 nitrogen and oxygen atoms in total. The maximum absolute atomic E-state index is 11.0. The number of para-hydroxylation sites is 1. The number of carbonyl (C=O) groups is 1. The third-order valence-electron chi connectivity index (χ3n) is 4.13. The quantitative estimate of drug-likeness (QED) is 0.868. The minimum absolute atomic E-state index is 0.180. The lowest BCUT2D eigenvalue weighted by molar-refractivity contribution is -0.142. The van der Waals surface area contributed by atoms with Gasteiger partial charge in [0.1, 0.15) is 0 Å². The summed E-state index contributed by atoms with van der Waals surface area (Å²) in [5.74, 6) is -0.846. The van der Waals surface area contributed by atoms with Crippen LogP contribution in [0.25, 0.3) is 5.69 Å². The average Bonchev–Trinajstić information content (AvgIpc) is 2.96. The van der Waals surface area contributed by atoms with Gasteiger partial charge in [-0.3, -0.25) is 4.79 Å². The number of anilines is 1. The van der Waals surface area contributed by atoms with Crippen LogP contribution in [0.3, 0.4) is 0 Å². The lowest BCUT2D eigenvalue weighted by atomic mass is 9.86. The Morgan fingerprint density at radius 2 is 2.00 bits per heavy atom. The zero-order chi connectivity index (χ0) is 15.5. The molecule has 116 valence electrons. The molecule has 0 spiro atoms. The van der Waals surface area contributed by atoms with Gasteiger partial charge in [-0.1, -0.05) is 12.1 Å². The molecule has 0 bridgehead atoms. The van der Waals surface area contributed by atoms with E-state index in [1.807, 2.05) is 41.3 Å². The van der Waals surface area contributed by atoms with E-state index in [2.05, 4.69) is 26.3 Å². The summed E-state index contributed by atoms with van der Waals surface area (Å²) in [6.07, 6.45) is 7.02. The molecular formula is C16H18BrN3O2. The van der Waals surface area contributed by atoms with Gasteiger partial charge in [-0.2, -0.15) is 5.10 Å². The van der Waals surface area contributed by atoms with E-state index in [4.69, 9.17) is 5.11 Å². The zero-order valence-electron chi connectivity index (χ0n) is 12.1. The van der Waals surface area contributed by atoms with Crippen LogP contribution in [0.15, 0.2) is 41.1 Å². The van der Waals surface area contributed by atoms with E-state index in [-0.39, 0.29) is 5.92 Å². The van der Waals surface area contributed by atoms with Crippen LogP contribution in [-0.4, -0.2) is 26.9 Å². The van der Waals surface area contributed by atoms with Crippen molar-refractivity contribution in [3.8, 4) is 5.69 Å². The molecule has 0 atom stereocenters. The number of rotatable bonds is 4. The second kappa shape index (κ2) is 6.52. The predicted octanol–water partition coefficient (Wildman–Crippen LogP) is 3.69. The van der Waals surface area contributed by atoms with E-state index in [0.29, 0.717) is 6.04 Å². The Morgan fingerprint density at radius 1 is 1.27 bits per heavy atom. The number of aliphatic carboxylic acids is 1. The predicted molar refractivity (Wildman–Crippen MR) is 88.3 cm³/mol. The molecule has 2 N–H and O–H groups in total. The molecule has 1 fully saturated rings. The standard InChI is InChI=1S/C16H18BrN3O2/c17-14-3-1-2-4-15(14)20-10-13(9-18-20)19-12-7-5-11(6-8-12)16(21)22/h1-4,9-12,19H,5-8H2,(H,21,22). The van der Waals surface area contributed by atoms with Gasteiger partial charge in [0.05, 0.1) is 29.7 Å². The van der Waals surface area contributed by atoms with Gasteiger partial charge >= 0.3 is 5.97 Å². The third kappa shape index (κ3) is 3.32. The number of hydrogen-bond acceptors (Lipinski definition) is 3. The second-order valence-corrected chi connectivity index (χ2v) is 6.51. The molecule has 0 amide bonds. The van der Waals surface area contributed by atoms with Crippen molar-refractivity contribution in [2.24, 2.45) is 5.92 Å². The van der Waals surface area contributed by atoms with E-state index >= 15 is 0 Å². The van der Waals surface area contributed by atoms with Crippen LogP contribution in [0.4, 0.5) is 5.69 Å². The van der Waals surface area contributed by atoms with Gasteiger partial charge in [0, 0.05) is 10.5 Å². The highest BCUT2D eigenvalue weighted by molar-refractivity contribution is 9.10. The number of carboxylic acid groups (broad SMARTS) is 1. The minimum Gasteiger partial charge on any atom is -0.481 e. The Hall–Kier alpha value is -1.82. The van der Waals surface area contributed by atoms with Gasteiger partial charge in [-0.15, -0.1) is 0 Å². The van der Waals surface area contributed by atoms with Gasteiger partial charge in [0.25, 0.3) is 0 Å². The van der Waals surface area contributed by atoms with Crippen molar-refractivity contribution in [3.05, 3.63) is 41.1 Å². The second-order valence-electron chi connectivity index (χ2n) is 5.66. The highest BCUT2D eigenvalue weighted by Gasteiger charge is 2.25. The summed E-state index contributed by atoms with van der Waals surface area (Å²) in [6.45, 7) is 0. The van der Waals surface area contributed by atoms with Crippen LogP contribution in [0.2, 0.25) is 0 Å². The maximum Gasteiger partial charge on any atom is 0.306 e. The molecule has 0 unspecified atom stereocenters. The first-order valence-corrected chi connectivity index (χ1v) is 8.21. The third-order valence-corrected chi connectivity index (χ3v) is 4.80. The smallest absolute Gasteiger partial charge is 0.306 e. The molecule has 1 heterocycles. The Balaban J connectivity index is 1.63. The summed E-state index contributed by atoms with van der Waals surface area (Å²) in [5.41, 5.74) is 1.96. The first-order chi connectivity index (χ1) is 10.6. The van der Waals surface area contributed by atoms with Crippen molar-refractivity contribution in [2.75, 3.05) is 5.32 Å². The summed E-state index contributed by atoms with van der Waals surface area (Å²) in [4.78, 5) is 11.0. The van der Waals surface area contributed by atoms with Crippen molar-refractivity contribution < 1.29 is 9.90 Å². The number of halogens is 1. The normalized spacial score (nSPS) is 21.5. The topological polar surface area (TPSA) is 67.2 Å². The van der Waals surface area contributed by atoms with E-state index in [1.165, 1.54) is 0 Å². The van der Waals surface area contributed by atoms with Gasteiger partial charge in [0.2, 0.25) is 0 Å². The fourth-order valence-corrected chi connectivity index (χ4v) is 3.35. The number of nitrogens with one attached hydrogen (secondary N) is 1. The molecule has 6 heteroatoms. The van der Waals surface area contributed by atoms with Crippen molar-refractivity contribution >= 4 is 27.6 Å². The number of benzene rings is 1. The van der Waals surface area contributed by atoms with Crippen LogP contribution in [0, 0.1) is 5.92 Å². The van der Waals surface area contributed by atoms with Crippen molar-refractivity contribution in [3.63, 3.8) is 0 Å². The molecule has 0 radical (unpaired) electrons. The number of hydrogen-bond donors (Lipinski definition) is 2. The molecule has 1 aromatic heterocycles. The number of nitrogens with zero attached hydrogens (tertiary/aromatic N) is 2. The molecule has 1 saturated carbocycles.